The zero-order valence-electron chi connectivity index (χ0n) is 10.9. The second-order valence-corrected chi connectivity index (χ2v) is 4.74. The molecule has 100 valence electrons. The number of hydrogen-bond donors (Lipinski definition) is 3. The number of hydrogen-bond acceptors (Lipinski definition) is 3. The fraction of sp³-hybridized carbons (Fsp3) is 0.267. The Bertz CT molecular complexity index is 594. The SMILES string of the molecule is CC(N)CCC(=O)Nc1cccc2c(O)cccc12. The highest BCUT2D eigenvalue weighted by Crippen LogP contribution is 2.29. The Balaban J connectivity index is 2.21. The van der Waals surface area contributed by atoms with Gasteiger partial charge in [0.1, 0.15) is 5.75 Å². The van der Waals surface area contributed by atoms with Crippen molar-refractivity contribution in [2.45, 2.75) is 25.8 Å². The van der Waals surface area contributed by atoms with Crippen LogP contribution in [0.1, 0.15) is 19.8 Å². The van der Waals surface area contributed by atoms with Gasteiger partial charge in [-0.2, -0.15) is 0 Å². The zero-order valence-corrected chi connectivity index (χ0v) is 10.9. The monoisotopic (exact) mass is 258 g/mol. The number of nitrogens with one attached hydrogen (secondary N) is 1. The second kappa shape index (κ2) is 5.71. The fourth-order valence-electron chi connectivity index (χ4n) is 1.97. The maximum Gasteiger partial charge on any atom is 0.224 e. The maximum atomic E-state index is 11.8. The number of aromatic hydroxyl groups is 1. The molecule has 4 nitrogen and oxygen atoms in total. The van der Waals surface area contributed by atoms with Crippen molar-refractivity contribution in [2.24, 2.45) is 5.73 Å². The van der Waals surface area contributed by atoms with Crippen molar-refractivity contribution in [1.29, 1.82) is 0 Å². The van der Waals surface area contributed by atoms with Crippen LogP contribution in [-0.2, 0) is 4.79 Å². The second-order valence-electron chi connectivity index (χ2n) is 4.74. The van der Waals surface area contributed by atoms with Gasteiger partial charge in [-0.15, -0.1) is 0 Å². The van der Waals surface area contributed by atoms with Crippen LogP contribution in [0.5, 0.6) is 5.75 Å². The Morgan fingerprint density at radius 2 is 1.95 bits per heavy atom. The molecule has 0 aromatic heterocycles. The zero-order chi connectivity index (χ0) is 13.8. The molecule has 0 radical (unpaired) electrons. The molecule has 2 aromatic rings. The molecule has 0 spiro atoms. The molecular formula is C15H18N2O2. The minimum absolute atomic E-state index is 0.0160. The molecule has 0 aliphatic rings. The highest BCUT2D eigenvalue weighted by Gasteiger charge is 2.08. The van der Waals surface area contributed by atoms with E-state index in [1.807, 2.05) is 31.2 Å². The molecule has 0 heterocycles. The number of amides is 1. The van der Waals surface area contributed by atoms with E-state index in [4.69, 9.17) is 5.73 Å². The van der Waals surface area contributed by atoms with E-state index in [2.05, 4.69) is 5.32 Å². The van der Waals surface area contributed by atoms with Crippen molar-refractivity contribution < 1.29 is 9.90 Å². The molecule has 2 rings (SSSR count). The minimum atomic E-state index is -0.0619. The topological polar surface area (TPSA) is 75.4 Å². The van der Waals surface area contributed by atoms with Crippen LogP contribution in [0.3, 0.4) is 0 Å². The van der Waals surface area contributed by atoms with E-state index < -0.39 is 0 Å². The number of phenolic OH excluding ortho intramolecular Hbond substituents is 1. The highest BCUT2D eigenvalue weighted by molar-refractivity contribution is 6.03. The third kappa shape index (κ3) is 3.23. The summed E-state index contributed by atoms with van der Waals surface area (Å²) in [6.07, 6.45) is 1.05. The maximum absolute atomic E-state index is 11.8. The lowest BCUT2D eigenvalue weighted by Gasteiger charge is -2.10. The lowest BCUT2D eigenvalue weighted by molar-refractivity contribution is -0.116. The van der Waals surface area contributed by atoms with Crippen LogP contribution < -0.4 is 11.1 Å². The Morgan fingerprint density at radius 1 is 1.26 bits per heavy atom. The number of nitrogens with two attached hydrogens (primary N) is 1. The normalized spacial score (nSPS) is 12.3. The number of anilines is 1. The van der Waals surface area contributed by atoms with Crippen molar-refractivity contribution in [3.63, 3.8) is 0 Å². The summed E-state index contributed by atoms with van der Waals surface area (Å²) < 4.78 is 0. The van der Waals surface area contributed by atoms with Crippen LogP contribution in [0.25, 0.3) is 10.8 Å². The molecule has 0 aliphatic heterocycles. The number of carbonyl (C=O) groups excluding carboxylic acids is 1. The van der Waals surface area contributed by atoms with Crippen LogP contribution in [0, 0.1) is 0 Å². The lowest BCUT2D eigenvalue weighted by atomic mass is 10.1. The predicted octanol–water partition coefficient (Wildman–Crippen LogP) is 2.61. The molecule has 19 heavy (non-hydrogen) atoms. The van der Waals surface area contributed by atoms with Crippen LogP contribution in [0.4, 0.5) is 5.69 Å². The highest BCUT2D eigenvalue weighted by atomic mass is 16.3. The van der Waals surface area contributed by atoms with Gasteiger partial charge in [-0.1, -0.05) is 24.3 Å². The number of carbonyl (C=O) groups is 1. The van der Waals surface area contributed by atoms with E-state index in [0.717, 1.165) is 10.8 Å². The standard InChI is InChI=1S/C15H18N2O2/c1-10(16)8-9-15(19)17-13-6-2-5-12-11(13)4-3-7-14(12)18/h2-7,10,18H,8-9,16H2,1H3,(H,17,19). The number of rotatable bonds is 4. The van der Waals surface area contributed by atoms with Gasteiger partial charge in [0.25, 0.3) is 0 Å². The first-order valence-corrected chi connectivity index (χ1v) is 6.34. The van der Waals surface area contributed by atoms with E-state index >= 15 is 0 Å². The summed E-state index contributed by atoms with van der Waals surface area (Å²) in [7, 11) is 0. The van der Waals surface area contributed by atoms with E-state index in [9.17, 15) is 9.90 Å². The van der Waals surface area contributed by atoms with E-state index in [1.165, 1.54) is 0 Å². The van der Waals surface area contributed by atoms with Crippen molar-refractivity contribution >= 4 is 22.4 Å². The number of benzene rings is 2. The first-order chi connectivity index (χ1) is 9.08. The molecule has 0 aliphatic carbocycles. The third-order valence-corrected chi connectivity index (χ3v) is 3.00. The summed E-state index contributed by atoms with van der Waals surface area (Å²) in [5.74, 6) is 0.150. The Labute approximate surface area is 112 Å². The lowest BCUT2D eigenvalue weighted by Crippen LogP contribution is -2.19. The van der Waals surface area contributed by atoms with Crippen molar-refractivity contribution in [3.8, 4) is 5.75 Å². The molecular weight excluding hydrogens is 240 g/mol. The van der Waals surface area contributed by atoms with E-state index in [1.54, 1.807) is 12.1 Å². The Morgan fingerprint density at radius 3 is 2.68 bits per heavy atom. The van der Waals surface area contributed by atoms with Gasteiger partial charge in [0.2, 0.25) is 5.91 Å². The van der Waals surface area contributed by atoms with Crippen LogP contribution in [0.15, 0.2) is 36.4 Å². The molecule has 1 atom stereocenters. The minimum Gasteiger partial charge on any atom is -0.507 e. The molecule has 2 aromatic carbocycles. The molecule has 0 bridgehead atoms. The van der Waals surface area contributed by atoms with Crippen LogP contribution >= 0.6 is 0 Å². The van der Waals surface area contributed by atoms with Gasteiger partial charge in [0.05, 0.1) is 0 Å². The summed E-state index contributed by atoms with van der Waals surface area (Å²) >= 11 is 0. The van der Waals surface area contributed by atoms with Gasteiger partial charge >= 0.3 is 0 Å². The van der Waals surface area contributed by atoms with Gasteiger partial charge in [0, 0.05) is 28.9 Å². The quantitative estimate of drug-likeness (QED) is 0.789. The first kappa shape index (κ1) is 13.4. The number of phenols is 1. The largest absolute Gasteiger partial charge is 0.507 e. The van der Waals surface area contributed by atoms with Gasteiger partial charge in [0.15, 0.2) is 0 Å². The average Bonchev–Trinajstić information content (AvgIpc) is 2.38. The van der Waals surface area contributed by atoms with Crippen molar-refractivity contribution in [3.05, 3.63) is 36.4 Å². The van der Waals surface area contributed by atoms with Crippen LogP contribution in [0.2, 0.25) is 0 Å². The molecule has 0 fully saturated rings. The first-order valence-electron chi connectivity index (χ1n) is 6.34. The third-order valence-electron chi connectivity index (χ3n) is 3.00. The molecule has 0 saturated carbocycles. The number of fused-ring (bicyclic) bond motifs is 1. The molecule has 4 N–H and O–H groups in total. The Kier molecular flexibility index (Phi) is 4.02. The summed E-state index contributed by atoms with van der Waals surface area (Å²) in [5.41, 5.74) is 6.34. The van der Waals surface area contributed by atoms with E-state index in [-0.39, 0.29) is 17.7 Å². The summed E-state index contributed by atoms with van der Waals surface area (Å²) in [6.45, 7) is 1.88. The molecule has 1 amide bonds. The summed E-state index contributed by atoms with van der Waals surface area (Å²) in [5, 5.41) is 14.2. The van der Waals surface area contributed by atoms with Crippen molar-refractivity contribution in [2.75, 3.05) is 5.32 Å². The van der Waals surface area contributed by atoms with Gasteiger partial charge in [-0.05, 0) is 25.5 Å². The summed E-state index contributed by atoms with van der Waals surface area (Å²) in [4.78, 5) is 11.8. The summed E-state index contributed by atoms with van der Waals surface area (Å²) in [6, 6.07) is 10.7. The van der Waals surface area contributed by atoms with Gasteiger partial charge < -0.3 is 16.2 Å². The Hall–Kier alpha value is -2.07. The predicted molar refractivity (Wildman–Crippen MR) is 77.1 cm³/mol. The van der Waals surface area contributed by atoms with Crippen LogP contribution in [-0.4, -0.2) is 17.1 Å². The van der Waals surface area contributed by atoms with Gasteiger partial charge in [-0.3, -0.25) is 4.79 Å². The molecule has 0 saturated heterocycles. The van der Waals surface area contributed by atoms with Gasteiger partial charge in [-0.25, -0.2) is 0 Å². The van der Waals surface area contributed by atoms with E-state index in [0.29, 0.717) is 18.5 Å². The fourth-order valence-corrected chi connectivity index (χ4v) is 1.97. The van der Waals surface area contributed by atoms with Crippen molar-refractivity contribution in [1.82, 2.24) is 0 Å². The smallest absolute Gasteiger partial charge is 0.224 e. The molecule has 1 unspecified atom stereocenters. The average molecular weight is 258 g/mol. The molecule has 4 heteroatoms.